The Morgan fingerprint density at radius 2 is 1.06 bits per heavy atom. The van der Waals surface area contributed by atoms with Gasteiger partial charge in [-0.3, -0.25) is 4.57 Å². The third kappa shape index (κ3) is 3.97. The molecule has 8 aromatic carbocycles. The van der Waals surface area contributed by atoms with E-state index in [-0.39, 0.29) is 0 Å². The van der Waals surface area contributed by atoms with E-state index in [1.165, 1.54) is 58.9 Å². The molecule has 0 aliphatic heterocycles. The molecule has 0 atom stereocenters. The molecule has 232 valence electrons. The molecule has 0 fully saturated rings. The molecule has 0 saturated heterocycles. The van der Waals surface area contributed by atoms with Crippen LogP contribution in [-0.2, 0) is 0 Å². The van der Waals surface area contributed by atoms with Crippen molar-refractivity contribution in [3.05, 3.63) is 164 Å². The maximum Gasteiger partial charge on any atom is 0.235 e. The largest absolute Gasteiger partial charge is 0.278 e. The van der Waals surface area contributed by atoms with Crippen LogP contribution in [0.1, 0.15) is 0 Å². The highest BCUT2D eigenvalue weighted by Gasteiger charge is 2.23. The Morgan fingerprint density at radius 1 is 0.440 bits per heavy atom. The van der Waals surface area contributed by atoms with Crippen LogP contribution in [0.25, 0.3) is 103 Å². The second-order valence-corrected chi connectivity index (χ2v) is 14.0. The van der Waals surface area contributed by atoms with E-state index in [1.54, 1.807) is 11.3 Å². The molecule has 0 radical (unpaired) electrons. The Labute approximate surface area is 291 Å². The van der Waals surface area contributed by atoms with Gasteiger partial charge < -0.3 is 0 Å². The molecule has 50 heavy (non-hydrogen) atoms. The smallest absolute Gasteiger partial charge is 0.235 e. The minimum Gasteiger partial charge on any atom is -0.278 e. The first-order valence-corrected chi connectivity index (χ1v) is 17.7. The van der Waals surface area contributed by atoms with E-state index in [9.17, 15) is 0 Å². The van der Waals surface area contributed by atoms with Crippen molar-refractivity contribution < 1.29 is 0 Å². The maximum atomic E-state index is 5.52. The van der Waals surface area contributed by atoms with Crippen LogP contribution in [0.4, 0.5) is 0 Å². The summed E-state index contributed by atoms with van der Waals surface area (Å²) in [6, 6.07) is 58.9. The van der Waals surface area contributed by atoms with Crippen LogP contribution >= 0.6 is 11.3 Å². The van der Waals surface area contributed by atoms with Gasteiger partial charge in [0, 0.05) is 26.4 Å². The third-order valence-corrected chi connectivity index (χ3v) is 11.3. The molecule has 0 aliphatic rings. The summed E-state index contributed by atoms with van der Waals surface area (Å²) >= 11 is 1.78. The Bertz CT molecular complexity index is 3140. The van der Waals surface area contributed by atoms with Crippen LogP contribution in [0, 0.1) is 0 Å². The number of rotatable bonds is 3. The van der Waals surface area contributed by atoms with Crippen molar-refractivity contribution in [2.75, 3.05) is 0 Å². The fraction of sp³-hybridized carbons (Fsp3) is 0. The topological polar surface area (TPSA) is 30.7 Å². The van der Waals surface area contributed by atoms with E-state index in [0.29, 0.717) is 5.95 Å². The fourth-order valence-electron chi connectivity index (χ4n) is 7.92. The van der Waals surface area contributed by atoms with Crippen LogP contribution in [0.5, 0.6) is 0 Å². The second kappa shape index (κ2) is 10.6. The lowest BCUT2D eigenvalue weighted by atomic mass is 9.94. The molecule has 3 nitrogen and oxygen atoms in total. The molecule has 3 heterocycles. The number of hydrogen-bond donors (Lipinski definition) is 0. The zero-order valence-corrected chi connectivity index (χ0v) is 27.7. The summed E-state index contributed by atoms with van der Waals surface area (Å²) < 4.78 is 4.63. The third-order valence-electron chi connectivity index (χ3n) is 10.2. The molecular formula is C46H27N3S. The molecule has 11 aromatic rings. The van der Waals surface area contributed by atoms with Crippen molar-refractivity contribution >= 4 is 85.8 Å². The Hall–Kier alpha value is -6.36. The predicted molar refractivity (Wildman–Crippen MR) is 213 cm³/mol. The number of nitrogens with zero attached hydrogens (tertiary/aromatic N) is 3. The fourth-order valence-corrected chi connectivity index (χ4v) is 9.10. The molecule has 0 spiro atoms. The molecule has 0 saturated carbocycles. The second-order valence-electron chi connectivity index (χ2n) is 13.0. The molecule has 0 amide bonds. The van der Waals surface area contributed by atoms with Crippen molar-refractivity contribution in [2.45, 2.75) is 0 Å². The van der Waals surface area contributed by atoms with Crippen LogP contribution < -0.4 is 0 Å². The van der Waals surface area contributed by atoms with Crippen molar-refractivity contribution in [1.29, 1.82) is 0 Å². The van der Waals surface area contributed by atoms with Gasteiger partial charge in [0.1, 0.15) is 0 Å². The summed E-state index contributed by atoms with van der Waals surface area (Å²) in [4.78, 5) is 11.0. The number of fused-ring (bicyclic) bond motifs is 11. The van der Waals surface area contributed by atoms with E-state index in [2.05, 4.69) is 168 Å². The lowest BCUT2D eigenvalue weighted by Gasteiger charge is -2.12. The van der Waals surface area contributed by atoms with Gasteiger partial charge in [-0.2, -0.15) is 0 Å². The summed E-state index contributed by atoms with van der Waals surface area (Å²) in [6.45, 7) is 0. The van der Waals surface area contributed by atoms with Crippen LogP contribution in [0.2, 0.25) is 0 Å². The average molecular weight is 654 g/mol. The predicted octanol–water partition coefficient (Wildman–Crippen LogP) is 12.7. The highest BCUT2D eigenvalue weighted by molar-refractivity contribution is 7.26. The Kier molecular flexibility index (Phi) is 5.83. The summed E-state index contributed by atoms with van der Waals surface area (Å²) in [5, 5.41) is 10.9. The normalized spacial score (nSPS) is 12.0. The Morgan fingerprint density at radius 3 is 1.84 bits per heavy atom. The molecule has 0 unspecified atom stereocenters. The quantitative estimate of drug-likeness (QED) is 0.190. The minimum absolute atomic E-state index is 0.675. The van der Waals surface area contributed by atoms with E-state index in [0.717, 1.165) is 37.9 Å². The van der Waals surface area contributed by atoms with Gasteiger partial charge in [-0.25, -0.2) is 9.97 Å². The van der Waals surface area contributed by atoms with Gasteiger partial charge in [-0.15, -0.1) is 11.3 Å². The van der Waals surface area contributed by atoms with E-state index in [4.69, 9.17) is 9.97 Å². The van der Waals surface area contributed by atoms with Crippen molar-refractivity contribution in [3.63, 3.8) is 0 Å². The summed E-state index contributed by atoms with van der Waals surface area (Å²) in [7, 11) is 0. The molecule has 3 aromatic heterocycles. The first-order valence-electron chi connectivity index (χ1n) is 16.9. The minimum atomic E-state index is 0.675. The SMILES string of the molecule is c1ccc(-c2cc3c(c4ccccc24)c2c4ccccc4ccc2n3-c2nc(-c3ccccc3)c3sc4cc5ccccc5cc4c3n2)cc1. The molecule has 0 aliphatic carbocycles. The number of aromatic nitrogens is 3. The molecular weight excluding hydrogens is 627 g/mol. The highest BCUT2D eigenvalue weighted by atomic mass is 32.1. The summed E-state index contributed by atoms with van der Waals surface area (Å²) in [6.07, 6.45) is 0. The lowest BCUT2D eigenvalue weighted by Crippen LogP contribution is -2.03. The van der Waals surface area contributed by atoms with Crippen LogP contribution in [0.3, 0.4) is 0 Å². The van der Waals surface area contributed by atoms with Gasteiger partial charge in [0.2, 0.25) is 5.95 Å². The van der Waals surface area contributed by atoms with E-state index in [1.807, 2.05) is 0 Å². The summed E-state index contributed by atoms with van der Waals surface area (Å²) in [5.74, 6) is 0.675. The maximum absolute atomic E-state index is 5.52. The Balaban J connectivity index is 1.35. The van der Waals surface area contributed by atoms with Crippen LogP contribution in [0.15, 0.2) is 164 Å². The number of benzene rings is 8. The van der Waals surface area contributed by atoms with E-state index >= 15 is 0 Å². The van der Waals surface area contributed by atoms with Crippen molar-refractivity contribution in [2.24, 2.45) is 0 Å². The molecule has 4 heteroatoms. The van der Waals surface area contributed by atoms with Gasteiger partial charge in [-0.05, 0) is 67.7 Å². The zero-order valence-electron chi connectivity index (χ0n) is 26.8. The highest BCUT2D eigenvalue weighted by Crippen LogP contribution is 2.45. The summed E-state index contributed by atoms with van der Waals surface area (Å²) in [5.41, 5.74) is 7.59. The van der Waals surface area contributed by atoms with Crippen molar-refractivity contribution in [1.82, 2.24) is 14.5 Å². The van der Waals surface area contributed by atoms with Gasteiger partial charge in [-0.1, -0.05) is 140 Å². The number of hydrogen-bond acceptors (Lipinski definition) is 3. The van der Waals surface area contributed by atoms with Gasteiger partial charge in [0.05, 0.1) is 26.9 Å². The standard InChI is InChI=1S/C46H27N3S/c1-3-13-28(14-4-1)36-27-39-42(35-22-12-11-21-34(35)36)41-33-20-10-9-15-29(33)23-24-38(41)49(39)46-47-43(30-16-5-2-6-17-30)45-44(48-46)37-25-31-18-7-8-19-32(31)26-40(37)50-45/h1-27H. The van der Waals surface area contributed by atoms with Gasteiger partial charge in [0.25, 0.3) is 0 Å². The van der Waals surface area contributed by atoms with Crippen LogP contribution in [-0.4, -0.2) is 14.5 Å². The lowest BCUT2D eigenvalue weighted by molar-refractivity contribution is 1.02. The van der Waals surface area contributed by atoms with Gasteiger partial charge in [0.15, 0.2) is 0 Å². The molecule has 11 rings (SSSR count). The first-order chi connectivity index (χ1) is 24.8. The first kappa shape index (κ1) is 27.6. The monoisotopic (exact) mass is 653 g/mol. The van der Waals surface area contributed by atoms with E-state index < -0.39 is 0 Å². The molecule has 0 bridgehead atoms. The van der Waals surface area contributed by atoms with Crippen molar-refractivity contribution in [3.8, 4) is 28.3 Å². The zero-order chi connectivity index (χ0) is 32.8. The number of thiophene rings is 1. The molecule has 0 N–H and O–H groups in total. The average Bonchev–Trinajstić information content (AvgIpc) is 3.72. The van der Waals surface area contributed by atoms with Gasteiger partial charge >= 0.3 is 0 Å².